The molecule has 0 amide bonds. The summed E-state index contributed by atoms with van der Waals surface area (Å²) in [5.41, 5.74) is 4.10. The monoisotopic (exact) mass is 304 g/mol. The van der Waals surface area contributed by atoms with Gasteiger partial charge in [0.25, 0.3) is 0 Å². The van der Waals surface area contributed by atoms with Crippen LogP contribution in [0.25, 0.3) is 0 Å². The Hall–Kier alpha value is -1.04. The molecule has 0 bridgehead atoms. The average molecular weight is 305 g/mol. The average Bonchev–Trinajstić information content (AvgIpc) is 2.51. The van der Waals surface area contributed by atoms with Crippen LogP contribution in [-0.4, -0.2) is 0 Å². The number of rotatable bonds is 10. The smallest absolute Gasteiger partial charge is 0.0203 e. The molecule has 0 saturated carbocycles. The molecule has 128 valence electrons. The highest BCUT2D eigenvalue weighted by molar-refractivity contribution is 5.23. The van der Waals surface area contributed by atoms with Crippen molar-refractivity contribution in [1.29, 1.82) is 0 Å². The summed E-state index contributed by atoms with van der Waals surface area (Å²) in [4.78, 5) is 0. The Labute approximate surface area is 141 Å². The third-order valence-corrected chi connectivity index (χ3v) is 4.08. The Balaban J connectivity index is 0. The van der Waals surface area contributed by atoms with Gasteiger partial charge in [-0.1, -0.05) is 95.1 Å². The summed E-state index contributed by atoms with van der Waals surface area (Å²) in [6.07, 6.45) is 15.2. The topological polar surface area (TPSA) is 0 Å². The van der Waals surface area contributed by atoms with Crippen LogP contribution >= 0.6 is 0 Å². The van der Waals surface area contributed by atoms with Crippen molar-refractivity contribution in [2.75, 3.05) is 0 Å². The highest BCUT2D eigenvalue weighted by Gasteiger charge is 2.08. The third kappa shape index (κ3) is 12.7. The maximum Gasteiger partial charge on any atom is -0.0203 e. The molecule has 0 saturated heterocycles. The second-order valence-corrected chi connectivity index (χ2v) is 6.03. The van der Waals surface area contributed by atoms with E-state index in [1.54, 1.807) is 5.57 Å². The van der Waals surface area contributed by atoms with Crippen molar-refractivity contribution in [1.82, 2.24) is 0 Å². The van der Waals surface area contributed by atoms with Gasteiger partial charge in [0.05, 0.1) is 0 Å². The van der Waals surface area contributed by atoms with Crippen molar-refractivity contribution >= 4 is 0 Å². The SMILES string of the molecule is C=C(C)C(C)=CCCCC.C=CC=C(CC)C(CC)CCC. The molecule has 0 radical (unpaired) electrons. The highest BCUT2D eigenvalue weighted by Crippen LogP contribution is 2.23. The number of unbranched alkanes of at least 4 members (excludes halogenated alkanes) is 2. The second kappa shape index (κ2) is 16.3. The van der Waals surface area contributed by atoms with Gasteiger partial charge in [0, 0.05) is 0 Å². The van der Waals surface area contributed by atoms with E-state index in [4.69, 9.17) is 0 Å². The second-order valence-electron chi connectivity index (χ2n) is 6.03. The van der Waals surface area contributed by atoms with Crippen LogP contribution in [0, 0.1) is 5.92 Å². The van der Waals surface area contributed by atoms with E-state index in [9.17, 15) is 0 Å². The molecule has 0 aliphatic rings. The van der Waals surface area contributed by atoms with Crippen molar-refractivity contribution in [2.45, 2.75) is 86.5 Å². The molecule has 1 atom stereocenters. The van der Waals surface area contributed by atoms with E-state index < -0.39 is 0 Å². The van der Waals surface area contributed by atoms with Gasteiger partial charge in [-0.15, -0.1) is 0 Å². The molecule has 0 N–H and O–H groups in total. The van der Waals surface area contributed by atoms with E-state index in [0.717, 1.165) is 5.92 Å². The lowest BCUT2D eigenvalue weighted by Gasteiger charge is -2.16. The molecule has 0 aromatic carbocycles. The Morgan fingerprint density at radius 2 is 1.68 bits per heavy atom. The minimum Gasteiger partial charge on any atom is -0.0991 e. The minimum atomic E-state index is 0.790. The summed E-state index contributed by atoms with van der Waals surface area (Å²) in [6.45, 7) is 20.8. The van der Waals surface area contributed by atoms with E-state index in [-0.39, 0.29) is 0 Å². The van der Waals surface area contributed by atoms with Crippen LogP contribution in [-0.2, 0) is 0 Å². The molecule has 0 rings (SSSR count). The highest BCUT2D eigenvalue weighted by atomic mass is 14.1. The van der Waals surface area contributed by atoms with Crippen molar-refractivity contribution in [2.24, 2.45) is 5.92 Å². The summed E-state index contributed by atoms with van der Waals surface area (Å²) in [7, 11) is 0. The number of hydrogen-bond acceptors (Lipinski definition) is 0. The fourth-order valence-corrected chi connectivity index (χ4v) is 2.39. The Morgan fingerprint density at radius 1 is 1.05 bits per heavy atom. The van der Waals surface area contributed by atoms with Crippen LogP contribution in [0.2, 0.25) is 0 Å². The van der Waals surface area contributed by atoms with Gasteiger partial charge in [-0.3, -0.25) is 0 Å². The van der Waals surface area contributed by atoms with Crippen LogP contribution in [0.15, 0.2) is 48.1 Å². The first-order valence-corrected chi connectivity index (χ1v) is 9.12. The predicted octanol–water partition coefficient (Wildman–Crippen LogP) is 8.03. The van der Waals surface area contributed by atoms with Gasteiger partial charge in [0.2, 0.25) is 0 Å². The molecule has 0 aliphatic carbocycles. The standard InChI is InChI=1S/C12H22.C10H18/c1-5-9-11(7-3)12(8-4)10-6-2;1-5-6-7-8-10(4)9(2)3/h5,9,12H,1,6-8,10H2,2-4H3;8H,2,5-7H2,1,3-4H3. The van der Waals surface area contributed by atoms with Gasteiger partial charge < -0.3 is 0 Å². The molecule has 0 spiro atoms. The van der Waals surface area contributed by atoms with E-state index in [1.165, 1.54) is 56.1 Å². The Kier molecular flexibility index (Phi) is 17.2. The zero-order chi connectivity index (χ0) is 17.4. The predicted molar refractivity (Wildman–Crippen MR) is 105 cm³/mol. The van der Waals surface area contributed by atoms with Crippen LogP contribution < -0.4 is 0 Å². The molecule has 0 aliphatic heterocycles. The van der Waals surface area contributed by atoms with Crippen molar-refractivity contribution in [3.63, 3.8) is 0 Å². The molecule has 22 heavy (non-hydrogen) atoms. The quantitative estimate of drug-likeness (QED) is 0.283. The van der Waals surface area contributed by atoms with E-state index >= 15 is 0 Å². The van der Waals surface area contributed by atoms with Gasteiger partial charge in [-0.25, -0.2) is 0 Å². The Bertz CT molecular complexity index is 341. The fraction of sp³-hybridized carbons (Fsp3) is 0.636. The molecule has 0 heterocycles. The van der Waals surface area contributed by atoms with Crippen LogP contribution in [0.3, 0.4) is 0 Å². The molecular weight excluding hydrogens is 264 g/mol. The van der Waals surface area contributed by atoms with Gasteiger partial charge in [0.15, 0.2) is 0 Å². The van der Waals surface area contributed by atoms with Crippen LogP contribution in [0.1, 0.15) is 86.5 Å². The summed E-state index contributed by atoms with van der Waals surface area (Å²) in [5, 5.41) is 0. The minimum absolute atomic E-state index is 0.790. The summed E-state index contributed by atoms with van der Waals surface area (Å²) in [5.74, 6) is 0.790. The van der Waals surface area contributed by atoms with Crippen molar-refractivity contribution in [3.05, 3.63) is 48.1 Å². The summed E-state index contributed by atoms with van der Waals surface area (Å²) in [6, 6.07) is 0. The zero-order valence-corrected chi connectivity index (χ0v) is 16.2. The lowest BCUT2D eigenvalue weighted by molar-refractivity contribution is 0.522. The Morgan fingerprint density at radius 3 is 2.05 bits per heavy atom. The molecular formula is C22H40. The van der Waals surface area contributed by atoms with Gasteiger partial charge in [-0.05, 0) is 45.4 Å². The van der Waals surface area contributed by atoms with Crippen LogP contribution in [0.5, 0.6) is 0 Å². The number of hydrogen-bond donors (Lipinski definition) is 0. The molecule has 0 aromatic heterocycles. The summed E-state index contributed by atoms with van der Waals surface area (Å²) >= 11 is 0. The first kappa shape index (κ1) is 23.2. The van der Waals surface area contributed by atoms with E-state index in [1.807, 2.05) is 6.08 Å². The maximum absolute atomic E-state index is 3.87. The zero-order valence-electron chi connectivity index (χ0n) is 16.2. The molecule has 0 fully saturated rings. The first-order valence-electron chi connectivity index (χ1n) is 9.12. The largest absolute Gasteiger partial charge is 0.0991 e. The lowest BCUT2D eigenvalue weighted by atomic mass is 9.90. The van der Waals surface area contributed by atoms with Gasteiger partial charge in [-0.2, -0.15) is 0 Å². The van der Waals surface area contributed by atoms with Gasteiger partial charge in [0.1, 0.15) is 0 Å². The van der Waals surface area contributed by atoms with Gasteiger partial charge >= 0.3 is 0 Å². The van der Waals surface area contributed by atoms with Crippen LogP contribution in [0.4, 0.5) is 0 Å². The van der Waals surface area contributed by atoms with E-state index in [2.05, 4.69) is 66.9 Å². The third-order valence-electron chi connectivity index (χ3n) is 4.08. The fourth-order valence-electron chi connectivity index (χ4n) is 2.39. The molecule has 0 nitrogen and oxygen atoms in total. The normalized spacial score (nSPS) is 13.2. The number of allylic oxidation sites excluding steroid dienone is 6. The first-order chi connectivity index (χ1) is 10.5. The lowest BCUT2D eigenvalue weighted by Crippen LogP contribution is -2.01. The molecule has 1 unspecified atom stereocenters. The molecule has 0 heteroatoms. The molecule has 0 aromatic rings. The van der Waals surface area contributed by atoms with Crippen molar-refractivity contribution in [3.8, 4) is 0 Å². The van der Waals surface area contributed by atoms with E-state index in [0.29, 0.717) is 0 Å². The van der Waals surface area contributed by atoms with Crippen molar-refractivity contribution < 1.29 is 0 Å². The summed E-state index contributed by atoms with van der Waals surface area (Å²) < 4.78 is 0. The maximum atomic E-state index is 3.87.